The average Bonchev–Trinajstić information content (AvgIpc) is 2.45. The van der Waals surface area contributed by atoms with Crippen LogP contribution in [0.5, 0.6) is 5.75 Å². The third kappa shape index (κ3) is 5.96. The van der Waals surface area contributed by atoms with Gasteiger partial charge in [-0.1, -0.05) is 18.2 Å². The molecule has 0 atom stereocenters. The number of ether oxygens (including phenoxy) is 2. The second kappa shape index (κ2) is 7.52. The molecule has 1 saturated carbocycles. The molecule has 1 fully saturated rings. The zero-order valence-electron chi connectivity index (χ0n) is 13.8. The number of carbonyl (C=O) groups excluding carboxylic acids is 1. The SMILES string of the molecule is CC(C)(C)OC(=O)N[C@H]1CC[C@H](COc2ccccc2)CC1. The number of para-hydroxylation sites is 1. The molecule has 22 heavy (non-hydrogen) atoms. The Hall–Kier alpha value is -1.71. The van der Waals surface area contributed by atoms with E-state index in [-0.39, 0.29) is 12.1 Å². The lowest BCUT2D eigenvalue weighted by Gasteiger charge is -2.30. The third-order valence-electron chi connectivity index (χ3n) is 3.80. The van der Waals surface area contributed by atoms with Gasteiger partial charge in [-0.25, -0.2) is 4.79 Å². The molecule has 1 aromatic carbocycles. The second-order valence-electron chi connectivity index (χ2n) is 6.99. The van der Waals surface area contributed by atoms with Crippen molar-refractivity contribution in [1.82, 2.24) is 5.32 Å². The zero-order chi connectivity index (χ0) is 16.0. The topological polar surface area (TPSA) is 47.6 Å². The van der Waals surface area contributed by atoms with Crippen LogP contribution in [-0.4, -0.2) is 24.3 Å². The van der Waals surface area contributed by atoms with E-state index in [9.17, 15) is 4.79 Å². The van der Waals surface area contributed by atoms with Crippen molar-refractivity contribution in [2.75, 3.05) is 6.61 Å². The maximum Gasteiger partial charge on any atom is 0.407 e. The predicted molar refractivity (Wildman–Crippen MR) is 87.1 cm³/mol. The molecular formula is C18H27NO3. The van der Waals surface area contributed by atoms with Crippen molar-refractivity contribution in [3.63, 3.8) is 0 Å². The summed E-state index contributed by atoms with van der Waals surface area (Å²) in [7, 11) is 0. The summed E-state index contributed by atoms with van der Waals surface area (Å²) in [6.45, 7) is 6.39. The first-order chi connectivity index (χ1) is 10.4. The van der Waals surface area contributed by atoms with Crippen LogP contribution in [0.3, 0.4) is 0 Å². The number of alkyl carbamates (subject to hydrolysis) is 1. The summed E-state index contributed by atoms with van der Waals surface area (Å²) in [5.41, 5.74) is -0.440. The minimum atomic E-state index is -0.440. The minimum Gasteiger partial charge on any atom is -0.493 e. The van der Waals surface area contributed by atoms with Crippen molar-refractivity contribution in [3.05, 3.63) is 30.3 Å². The monoisotopic (exact) mass is 305 g/mol. The first kappa shape index (κ1) is 16.7. The number of rotatable bonds is 4. The van der Waals surface area contributed by atoms with Crippen molar-refractivity contribution in [1.29, 1.82) is 0 Å². The Morgan fingerprint density at radius 3 is 2.36 bits per heavy atom. The number of carbonyl (C=O) groups is 1. The van der Waals surface area contributed by atoms with Gasteiger partial charge in [-0.05, 0) is 64.5 Å². The van der Waals surface area contributed by atoms with Gasteiger partial charge >= 0.3 is 6.09 Å². The van der Waals surface area contributed by atoms with Crippen molar-refractivity contribution in [2.24, 2.45) is 5.92 Å². The summed E-state index contributed by atoms with van der Waals surface area (Å²) in [4.78, 5) is 11.8. The van der Waals surface area contributed by atoms with Crippen LogP contribution in [0, 0.1) is 5.92 Å². The quantitative estimate of drug-likeness (QED) is 0.909. The Morgan fingerprint density at radius 2 is 1.77 bits per heavy atom. The number of hydrogen-bond acceptors (Lipinski definition) is 3. The van der Waals surface area contributed by atoms with Crippen LogP contribution in [0.15, 0.2) is 30.3 Å². The molecule has 1 aromatic rings. The van der Waals surface area contributed by atoms with Crippen LogP contribution in [0.1, 0.15) is 46.5 Å². The molecule has 0 aromatic heterocycles. The molecule has 0 bridgehead atoms. The lowest BCUT2D eigenvalue weighted by molar-refractivity contribution is 0.0483. The number of benzene rings is 1. The molecule has 0 saturated heterocycles. The van der Waals surface area contributed by atoms with Crippen molar-refractivity contribution in [3.8, 4) is 5.75 Å². The summed E-state index contributed by atoms with van der Waals surface area (Å²) in [6, 6.07) is 10.1. The fourth-order valence-corrected chi connectivity index (χ4v) is 2.68. The van der Waals surface area contributed by atoms with Crippen molar-refractivity contribution >= 4 is 6.09 Å². The molecule has 0 radical (unpaired) electrons. The highest BCUT2D eigenvalue weighted by atomic mass is 16.6. The summed E-state index contributed by atoms with van der Waals surface area (Å²) in [5, 5.41) is 2.97. The third-order valence-corrected chi connectivity index (χ3v) is 3.80. The molecule has 1 aliphatic carbocycles. The Balaban J connectivity index is 1.66. The lowest BCUT2D eigenvalue weighted by Crippen LogP contribution is -2.41. The van der Waals surface area contributed by atoms with Crippen LogP contribution in [0.25, 0.3) is 0 Å². The highest BCUT2D eigenvalue weighted by molar-refractivity contribution is 5.68. The van der Waals surface area contributed by atoms with Gasteiger partial charge in [0.1, 0.15) is 11.4 Å². The Bertz CT molecular complexity index is 459. The molecule has 122 valence electrons. The Labute approximate surface area is 133 Å². The lowest BCUT2D eigenvalue weighted by atomic mass is 9.86. The van der Waals surface area contributed by atoms with E-state index < -0.39 is 5.60 Å². The highest BCUT2D eigenvalue weighted by Gasteiger charge is 2.25. The predicted octanol–water partition coefficient (Wildman–Crippen LogP) is 4.15. The zero-order valence-corrected chi connectivity index (χ0v) is 13.8. The van der Waals surface area contributed by atoms with E-state index in [2.05, 4.69) is 5.32 Å². The van der Waals surface area contributed by atoms with E-state index >= 15 is 0 Å². The van der Waals surface area contributed by atoms with Gasteiger partial charge < -0.3 is 14.8 Å². The molecule has 2 rings (SSSR count). The van der Waals surface area contributed by atoms with Gasteiger partial charge in [0.2, 0.25) is 0 Å². The molecular weight excluding hydrogens is 278 g/mol. The van der Waals surface area contributed by atoms with E-state index in [0.717, 1.165) is 38.0 Å². The summed E-state index contributed by atoms with van der Waals surface area (Å²) in [6.07, 6.45) is 3.82. The van der Waals surface area contributed by atoms with E-state index in [0.29, 0.717) is 5.92 Å². The van der Waals surface area contributed by atoms with Crippen molar-refractivity contribution < 1.29 is 14.3 Å². The van der Waals surface area contributed by atoms with Gasteiger partial charge in [0.25, 0.3) is 0 Å². The fourth-order valence-electron chi connectivity index (χ4n) is 2.68. The van der Waals surface area contributed by atoms with Gasteiger partial charge in [0.15, 0.2) is 0 Å². The molecule has 4 heteroatoms. The standard InChI is InChI=1S/C18H27NO3/c1-18(2,3)22-17(20)19-15-11-9-14(10-12-15)13-21-16-7-5-4-6-8-16/h4-8,14-15H,9-13H2,1-3H3,(H,19,20)/t14-,15-. The second-order valence-corrected chi connectivity index (χ2v) is 6.99. The summed E-state index contributed by atoms with van der Waals surface area (Å²) >= 11 is 0. The number of hydrogen-bond donors (Lipinski definition) is 1. The van der Waals surface area contributed by atoms with Crippen LogP contribution in [-0.2, 0) is 4.74 Å². The van der Waals surface area contributed by atoms with Crippen LogP contribution >= 0.6 is 0 Å². The fraction of sp³-hybridized carbons (Fsp3) is 0.611. The highest BCUT2D eigenvalue weighted by Crippen LogP contribution is 2.25. The minimum absolute atomic E-state index is 0.225. The first-order valence-corrected chi connectivity index (χ1v) is 8.10. The maximum absolute atomic E-state index is 11.8. The van der Waals surface area contributed by atoms with E-state index in [4.69, 9.17) is 9.47 Å². The van der Waals surface area contributed by atoms with Crippen LogP contribution in [0.2, 0.25) is 0 Å². The van der Waals surface area contributed by atoms with Gasteiger partial charge in [0.05, 0.1) is 6.61 Å². The van der Waals surface area contributed by atoms with Crippen LogP contribution in [0.4, 0.5) is 4.79 Å². The van der Waals surface area contributed by atoms with Crippen LogP contribution < -0.4 is 10.1 Å². The normalized spacial score (nSPS) is 22.0. The summed E-state index contributed by atoms with van der Waals surface area (Å²) < 4.78 is 11.1. The van der Waals surface area contributed by atoms with Gasteiger partial charge in [-0.3, -0.25) is 0 Å². The summed E-state index contributed by atoms with van der Waals surface area (Å²) in [5.74, 6) is 1.49. The van der Waals surface area contributed by atoms with Gasteiger partial charge in [-0.15, -0.1) is 0 Å². The maximum atomic E-state index is 11.8. The molecule has 0 spiro atoms. The van der Waals surface area contributed by atoms with E-state index in [1.54, 1.807) is 0 Å². The molecule has 0 aliphatic heterocycles. The van der Waals surface area contributed by atoms with Gasteiger partial charge in [-0.2, -0.15) is 0 Å². The Kier molecular flexibility index (Phi) is 5.69. The Morgan fingerprint density at radius 1 is 1.14 bits per heavy atom. The smallest absolute Gasteiger partial charge is 0.407 e. The van der Waals surface area contributed by atoms with Gasteiger partial charge in [0, 0.05) is 6.04 Å². The first-order valence-electron chi connectivity index (χ1n) is 8.10. The number of nitrogens with one attached hydrogen (secondary N) is 1. The number of amides is 1. The average molecular weight is 305 g/mol. The largest absolute Gasteiger partial charge is 0.493 e. The van der Waals surface area contributed by atoms with Crippen molar-refractivity contribution in [2.45, 2.75) is 58.1 Å². The molecule has 0 heterocycles. The molecule has 0 unspecified atom stereocenters. The van der Waals surface area contributed by atoms with E-state index in [1.807, 2.05) is 51.1 Å². The van der Waals surface area contributed by atoms with E-state index in [1.165, 1.54) is 0 Å². The molecule has 1 N–H and O–H groups in total. The molecule has 4 nitrogen and oxygen atoms in total. The molecule has 1 amide bonds. The molecule has 1 aliphatic rings.